The van der Waals surface area contributed by atoms with E-state index in [9.17, 15) is 9.59 Å². The monoisotopic (exact) mass is 287 g/mol. The van der Waals surface area contributed by atoms with Crippen molar-refractivity contribution >= 4 is 11.7 Å². The molecule has 1 atom stereocenters. The summed E-state index contributed by atoms with van der Waals surface area (Å²) in [5.74, 6) is 1.58. The van der Waals surface area contributed by atoms with Crippen molar-refractivity contribution in [3.8, 4) is 0 Å². The minimum Gasteiger partial charge on any atom is -0.342 e. The smallest absolute Gasteiger partial charge is 0.222 e. The Morgan fingerprint density at radius 2 is 1.95 bits per heavy atom. The highest BCUT2D eigenvalue weighted by Crippen LogP contribution is 2.25. The molecule has 0 aromatic heterocycles. The van der Waals surface area contributed by atoms with Gasteiger partial charge >= 0.3 is 0 Å². The molecule has 0 spiro atoms. The minimum absolute atomic E-state index is 0.119. The van der Waals surface area contributed by atoms with Gasteiger partial charge in [-0.25, -0.2) is 0 Å². The molecule has 1 aromatic rings. The summed E-state index contributed by atoms with van der Waals surface area (Å²) in [6.45, 7) is 5.80. The Morgan fingerprint density at radius 3 is 2.62 bits per heavy atom. The Bertz CT molecular complexity index is 481. The first-order valence-corrected chi connectivity index (χ1v) is 7.94. The Labute approximate surface area is 127 Å². The number of nitrogens with zero attached hydrogens (tertiary/aromatic N) is 1. The molecule has 1 unspecified atom stereocenters. The van der Waals surface area contributed by atoms with Gasteiger partial charge in [-0.05, 0) is 24.7 Å². The fourth-order valence-electron chi connectivity index (χ4n) is 2.97. The first-order valence-electron chi connectivity index (χ1n) is 7.94. The van der Waals surface area contributed by atoms with Crippen molar-refractivity contribution in [2.24, 2.45) is 11.8 Å². The molecule has 0 N–H and O–H groups in total. The van der Waals surface area contributed by atoms with Crippen LogP contribution in [0.15, 0.2) is 30.3 Å². The molecule has 3 nitrogen and oxygen atoms in total. The number of hydrogen-bond donors (Lipinski definition) is 0. The number of hydrogen-bond acceptors (Lipinski definition) is 2. The second-order valence-electron chi connectivity index (χ2n) is 6.25. The van der Waals surface area contributed by atoms with Crippen molar-refractivity contribution < 1.29 is 9.59 Å². The molecule has 1 fully saturated rings. The summed E-state index contributed by atoms with van der Waals surface area (Å²) < 4.78 is 0. The average molecular weight is 287 g/mol. The van der Waals surface area contributed by atoms with Gasteiger partial charge in [0, 0.05) is 31.5 Å². The molecule has 2 rings (SSSR count). The highest BCUT2D eigenvalue weighted by molar-refractivity contribution is 5.96. The molecule has 0 bridgehead atoms. The van der Waals surface area contributed by atoms with Gasteiger partial charge in [-0.1, -0.05) is 44.2 Å². The van der Waals surface area contributed by atoms with Gasteiger partial charge in [0.15, 0.2) is 5.78 Å². The molecule has 1 aliphatic rings. The SMILES string of the molecule is CC(C)C1CCC(=O)N(CCC(=O)c2ccccc2)CC1. The number of likely N-dealkylation sites (tertiary alicyclic amines) is 1. The zero-order chi connectivity index (χ0) is 15.2. The zero-order valence-electron chi connectivity index (χ0n) is 13.0. The average Bonchev–Trinajstić information content (AvgIpc) is 2.68. The Hall–Kier alpha value is -1.64. The molecule has 114 valence electrons. The van der Waals surface area contributed by atoms with Crippen LogP contribution in [-0.4, -0.2) is 29.7 Å². The topological polar surface area (TPSA) is 37.4 Å². The standard InChI is InChI=1S/C18H25NO2/c1-14(2)15-8-9-18(21)19(12-10-15)13-11-17(20)16-6-4-3-5-7-16/h3-7,14-15H,8-13H2,1-2H3. The number of amides is 1. The van der Waals surface area contributed by atoms with Crippen LogP contribution in [0, 0.1) is 11.8 Å². The molecule has 1 amide bonds. The first-order chi connectivity index (χ1) is 10.1. The predicted molar refractivity (Wildman–Crippen MR) is 84.1 cm³/mol. The van der Waals surface area contributed by atoms with Crippen molar-refractivity contribution in [3.63, 3.8) is 0 Å². The lowest BCUT2D eigenvalue weighted by molar-refractivity contribution is -0.130. The Kier molecular flexibility index (Phi) is 5.54. The van der Waals surface area contributed by atoms with E-state index < -0.39 is 0 Å². The number of carbonyl (C=O) groups is 2. The lowest BCUT2D eigenvalue weighted by Crippen LogP contribution is -2.32. The summed E-state index contributed by atoms with van der Waals surface area (Å²) in [6, 6.07) is 9.32. The van der Waals surface area contributed by atoms with E-state index in [0.29, 0.717) is 31.2 Å². The van der Waals surface area contributed by atoms with Gasteiger partial charge in [0.25, 0.3) is 0 Å². The molecule has 0 saturated carbocycles. The quantitative estimate of drug-likeness (QED) is 0.777. The molecule has 1 aromatic carbocycles. The number of benzene rings is 1. The third-order valence-corrected chi connectivity index (χ3v) is 4.50. The van der Waals surface area contributed by atoms with Crippen LogP contribution in [0.5, 0.6) is 0 Å². The lowest BCUT2D eigenvalue weighted by Gasteiger charge is -2.21. The maximum atomic E-state index is 12.1. The molecule has 3 heteroatoms. The van der Waals surface area contributed by atoms with Crippen molar-refractivity contribution in [1.82, 2.24) is 4.90 Å². The molecular formula is C18H25NO2. The normalized spacial score (nSPS) is 19.7. The van der Waals surface area contributed by atoms with Crippen LogP contribution in [0.4, 0.5) is 0 Å². The third kappa shape index (κ3) is 4.42. The predicted octanol–water partition coefficient (Wildman–Crippen LogP) is 3.54. The summed E-state index contributed by atoms with van der Waals surface area (Å²) in [6.07, 6.45) is 3.09. The Balaban J connectivity index is 1.87. The zero-order valence-corrected chi connectivity index (χ0v) is 13.0. The fraction of sp³-hybridized carbons (Fsp3) is 0.556. The van der Waals surface area contributed by atoms with Gasteiger partial charge < -0.3 is 4.90 Å². The van der Waals surface area contributed by atoms with E-state index in [2.05, 4.69) is 13.8 Å². The molecular weight excluding hydrogens is 262 g/mol. The summed E-state index contributed by atoms with van der Waals surface area (Å²) >= 11 is 0. The van der Waals surface area contributed by atoms with Gasteiger partial charge in [-0.3, -0.25) is 9.59 Å². The first kappa shape index (κ1) is 15.7. The molecule has 21 heavy (non-hydrogen) atoms. The van der Waals surface area contributed by atoms with E-state index >= 15 is 0 Å². The van der Waals surface area contributed by atoms with Crippen molar-refractivity contribution in [1.29, 1.82) is 0 Å². The number of carbonyl (C=O) groups excluding carboxylic acids is 2. The van der Waals surface area contributed by atoms with E-state index in [-0.39, 0.29) is 11.7 Å². The maximum absolute atomic E-state index is 12.1. The van der Waals surface area contributed by atoms with Gasteiger partial charge in [0.1, 0.15) is 0 Å². The molecule has 1 heterocycles. The van der Waals surface area contributed by atoms with E-state index in [0.717, 1.165) is 24.9 Å². The van der Waals surface area contributed by atoms with Crippen molar-refractivity contribution in [2.75, 3.05) is 13.1 Å². The van der Waals surface area contributed by atoms with Gasteiger partial charge in [0.05, 0.1) is 0 Å². The van der Waals surface area contributed by atoms with Gasteiger partial charge in [0.2, 0.25) is 5.91 Å². The summed E-state index contributed by atoms with van der Waals surface area (Å²) in [5, 5.41) is 0. The molecule has 0 radical (unpaired) electrons. The van der Waals surface area contributed by atoms with Crippen LogP contribution in [0.2, 0.25) is 0 Å². The van der Waals surface area contributed by atoms with Crippen LogP contribution in [-0.2, 0) is 4.79 Å². The van der Waals surface area contributed by atoms with Crippen LogP contribution >= 0.6 is 0 Å². The maximum Gasteiger partial charge on any atom is 0.222 e. The number of ketones is 1. The summed E-state index contributed by atoms with van der Waals surface area (Å²) in [7, 11) is 0. The summed E-state index contributed by atoms with van der Waals surface area (Å²) in [5.41, 5.74) is 0.736. The number of Topliss-reactive ketones (excluding diaryl/α,β-unsaturated/α-hetero) is 1. The second kappa shape index (κ2) is 7.39. The van der Waals surface area contributed by atoms with Crippen LogP contribution in [0.3, 0.4) is 0 Å². The van der Waals surface area contributed by atoms with Gasteiger partial charge in [-0.2, -0.15) is 0 Å². The minimum atomic E-state index is 0.119. The Morgan fingerprint density at radius 1 is 1.24 bits per heavy atom. The number of rotatable bonds is 5. The fourth-order valence-corrected chi connectivity index (χ4v) is 2.97. The molecule has 1 aliphatic heterocycles. The highest BCUT2D eigenvalue weighted by atomic mass is 16.2. The van der Waals surface area contributed by atoms with Crippen molar-refractivity contribution in [3.05, 3.63) is 35.9 Å². The van der Waals surface area contributed by atoms with E-state index in [1.807, 2.05) is 35.2 Å². The molecule has 1 saturated heterocycles. The van der Waals surface area contributed by atoms with Crippen LogP contribution in [0.1, 0.15) is 49.9 Å². The summed E-state index contributed by atoms with van der Waals surface area (Å²) in [4.78, 5) is 26.1. The van der Waals surface area contributed by atoms with Crippen molar-refractivity contribution in [2.45, 2.75) is 39.5 Å². The van der Waals surface area contributed by atoms with Crippen LogP contribution < -0.4 is 0 Å². The van der Waals surface area contributed by atoms with E-state index in [1.54, 1.807) is 0 Å². The van der Waals surface area contributed by atoms with E-state index in [1.165, 1.54) is 0 Å². The molecule has 0 aliphatic carbocycles. The highest BCUT2D eigenvalue weighted by Gasteiger charge is 2.24. The second-order valence-corrected chi connectivity index (χ2v) is 6.25. The van der Waals surface area contributed by atoms with Gasteiger partial charge in [-0.15, -0.1) is 0 Å². The largest absolute Gasteiger partial charge is 0.342 e. The third-order valence-electron chi connectivity index (χ3n) is 4.50. The lowest BCUT2D eigenvalue weighted by atomic mass is 9.89. The van der Waals surface area contributed by atoms with E-state index in [4.69, 9.17) is 0 Å². The van der Waals surface area contributed by atoms with Crippen LogP contribution in [0.25, 0.3) is 0 Å².